The summed E-state index contributed by atoms with van der Waals surface area (Å²) in [6, 6.07) is 0.499. The van der Waals surface area contributed by atoms with Crippen LogP contribution in [0.2, 0.25) is 0 Å². The van der Waals surface area contributed by atoms with Gasteiger partial charge in [0.2, 0.25) is 0 Å². The third-order valence-corrected chi connectivity index (χ3v) is 7.78. The molecule has 0 aromatic carbocycles. The van der Waals surface area contributed by atoms with Crippen molar-refractivity contribution in [2.45, 2.75) is 62.7 Å². The van der Waals surface area contributed by atoms with E-state index in [2.05, 4.69) is 10.3 Å². The Labute approximate surface area is 152 Å². The smallest absolute Gasteiger partial charge is 0.407 e. The summed E-state index contributed by atoms with van der Waals surface area (Å²) in [5.41, 5.74) is 0. The SMILES string of the molecule is CC1(CC2CCN(C(=O)O)CC2)SC(N[C@H]2CC3CCC2C3)=NC1=O. The van der Waals surface area contributed by atoms with E-state index >= 15 is 0 Å². The van der Waals surface area contributed by atoms with Crippen molar-refractivity contribution in [3.8, 4) is 0 Å². The molecule has 0 aromatic rings. The number of carboxylic acid groups (broad SMARTS) is 1. The van der Waals surface area contributed by atoms with Crippen molar-refractivity contribution in [1.82, 2.24) is 10.2 Å². The summed E-state index contributed by atoms with van der Waals surface area (Å²) in [6.45, 7) is 3.15. The Morgan fingerprint density at radius 1 is 1.32 bits per heavy atom. The van der Waals surface area contributed by atoms with E-state index in [1.54, 1.807) is 11.8 Å². The molecule has 2 bridgehead atoms. The minimum atomic E-state index is -0.836. The Morgan fingerprint density at radius 2 is 2.08 bits per heavy atom. The summed E-state index contributed by atoms with van der Waals surface area (Å²) in [7, 11) is 0. The van der Waals surface area contributed by atoms with E-state index in [0.717, 1.165) is 36.3 Å². The highest BCUT2D eigenvalue weighted by atomic mass is 32.2. The number of nitrogens with zero attached hydrogens (tertiary/aromatic N) is 2. The van der Waals surface area contributed by atoms with Crippen LogP contribution in [-0.2, 0) is 4.79 Å². The quantitative estimate of drug-likeness (QED) is 0.803. The average molecular weight is 365 g/mol. The molecule has 4 atom stereocenters. The third kappa shape index (κ3) is 3.39. The summed E-state index contributed by atoms with van der Waals surface area (Å²) in [5.74, 6) is 2.00. The minimum absolute atomic E-state index is 0.0242. The first kappa shape index (κ1) is 17.2. The van der Waals surface area contributed by atoms with Crippen LogP contribution in [0.15, 0.2) is 4.99 Å². The molecule has 0 spiro atoms. The van der Waals surface area contributed by atoms with Crippen molar-refractivity contribution in [2.24, 2.45) is 22.7 Å². The van der Waals surface area contributed by atoms with Crippen LogP contribution in [0.3, 0.4) is 0 Å². The molecule has 2 aliphatic heterocycles. The van der Waals surface area contributed by atoms with Crippen LogP contribution in [0, 0.1) is 17.8 Å². The lowest BCUT2D eigenvalue weighted by atomic mass is 9.87. The van der Waals surface area contributed by atoms with Gasteiger partial charge in [-0.25, -0.2) is 4.79 Å². The number of amidine groups is 1. The predicted octanol–water partition coefficient (Wildman–Crippen LogP) is 2.93. The Hall–Kier alpha value is -1.24. The number of carbonyl (C=O) groups is 2. The van der Waals surface area contributed by atoms with E-state index in [-0.39, 0.29) is 5.91 Å². The molecule has 25 heavy (non-hydrogen) atoms. The van der Waals surface area contributed by atoms with Gasteiger partial charge in [-0.05, 0) is 63.2 Å². The van der Waals surface area contributed by atoms with Crippen LogP contribution < -0.4 is 5.32 Å². The number of likely N-dealkylation sites (tertiary alicyclic amines) is 1. The topological polar surface area (TPSA) is 82.0 Å². The van der Waals surface area contributed by atoms with Crippen molar-refractivity contribution in [3.05, 3.63) is 0 Å². The number of piperidine rings is 1. The summed E-state index contributed by atoms with van der Waals surface area (Å²) in [6.07, 6.45) is 6.87. The normalized spacial score (nSPS) is 38.3. The molecular weight excluding hydrogens is 338 g/mol. The fraction of sp³-hybridized carbons (Fsp3) is 0.833. The van der Waals surface area contributed by atoms with Gasteiger partial charge in [0, 0.05) is 19.1 Å². The first-order valence-corrected chi connectivity index (χ1v) is 10.3. The van der Waals surface area contributed by atoms with Gasteiger partial charge in [-0.1, -0.05) is 18.2 Å². The molecule has 2 heterocycles. The highest BCUT2D eigenvalue weighted by Crippen LogP contribution is 2.46. The van der Waals surface area contributed by atoms with E-state index in [1.807, 2.05) is 6.92 Å². The van der Waals surface area contributed by atoms with Gasteiger partial charge in [0.15, 0.2) is 5.17 Å². The number of amides is 2. The number of fused-ring (bicyclic) bond motifs is 2. The van der Waals surface area contributed by atoms with Crippen LogP contribution in [-0.4, -0.2) is 51.1 Å². The molecule has 4 aliphatic rings. The number of thioether (sulfide) groups is 1. The second-order valence-corrected chi connectivity index (χ2v) is 9.89. The van der Waals surface area contributed by atoms with E-state index in [4.69, 9.17) is 5.11 Å². The number of rotatable bonds is 3. The average Bonchev–Trinajstić information content (AvgIpc) is 3.24. The van der Waals surface area contributed by atoms with E-state index in [9.17, 15) is 9.59 Å². The first-order chi connectivity index (χ1) is 11.9. The molecule has 4 rings (SSSR count). The fourth-order valence-electron chi connectivity index (χ4n) is 5.14. The van der Waals surface area contributed by atoms with Crippen LogP contribution >= 0.6 is 11.8 Å². The lowest BCUT2D eigenvalue weighted by Gasteiger charge is -2.33. The summed E-state index contributed by atoms with van der Waals surface area (Å²) in [4.78, 5) is 29.4. The van der Waals surface area contributed by atoms with Gasteiger partial charge in [0.05, 0.1) is 0 Å². The molecule has 2 saturated carbocycles. The van der Waals surface area contributed by atoms with Gasteiger partial charge in [0.1, 0.15) is 4.75 Å². The number of aliphatic imine (C=N–C) groups is 1. The zero-order chi connectivity index (χ0) is 17.6. The number of hydrogen-bond donors (Lipinski definition) is 2. The van der Waals surface area contributed by atoms with Crippen LogP contribution in [0.1, 0.15) is 51.9 Å². The summed E-state index contributed by atoms with van der Waals surface area (Å²) >= 11 is 1.60. The molecule has 138 valence electrons. The molecule has 2 aliphatic carbocycles. The molecule has 0 aromatic heterocycles. The van der Waals surface area contributed by atoms with E-state index in [1.165, 1.54) is 30.6 Å². The Balaban J connectivity index is 1.31. The van der Waals surface area contributed by atoms with Crippen molar-refractivity contribution in [1.29, 1.82) is 0 Å². The minimum Gasteiger partial charge on any atom is -0.465 e. The molecule has 6 nitrogen and oxygen atoms in total. The predicted molar refractivity (Wildman–Crippen MR) is 97.7 cm³/mol. The third-order valence-electron chi connectivity index (χ3n) is 6.59. The van der Waals surface area contributed by atoms with Crippen molar-refractivity contribution in [2.75, 3.05) is 13.1 Å². The van der Waals surface area contributed by atoms with E-state index < -0.39 is 10.8 Å². The Kier molecular flexibility index (Phi) is 4.46. The maximum absolute atomic E-state index is 12.5. The van der Waals surface area contributed by atoms with Crippen molar-refractivity contribution in [3.63, 3.8) is 0 Å². The van der Waals surface area contributed by atoms with Gasteiger partial charge < -0.3 is 15.3 Å². The van der Waals surface area contributed by atoms with Crippen LogP contribution in [0.5, 0.6) is 0 Å². The van der Waals surface area contributed by atoms with E-state index in [0.29, 0.717) is 25.0 Å². The molecular formula is C18H27N3O3S. The first-order valence-electron chi connectivity index (χ1n) is 9.49. The monoisotopic (exact) mass is 365 g/mol. The molecule has 1 saturated heterocycles. The number of carbonyl (C=O) groups excluding carboxylic acids is 1. The molecule has 3 fully saturated rings. The molecule has 0 radical (unpaired) electrons. The Bertz CT molecular complexity index is 602. The van der Waals surface area contributed by atoms with Gasteiger partial charge in [-0.15, -0.1) is 0 Å². The lowest BCUT2D eigenvalue weighted by Crippen LogP contribution is -2.40. The highest BCUT2D eigenvalue weighted by Gasteiger charge is 2.45. The van der Waals surface area contributed by atoms with Gasteiger partial charge in [-0.3, -0.25) is 4.79 Å². The molecule has 2 amide bonds. The standard InChI is InChI=1S/C18H27N3O3S/c1-18(10-11-4-6-21(7-5-11)17(23)24)15(22)20-16(25-18)19-14-9-12-2-3-13(14)8-12/h11-14H,2-10H2,1H3,(H,23,24)(H,19,20,22)/t12?,13?,14-,18?/m0/s1. The van der Waals surface area contributed by atoms with Gasteiger partial charge in [-0.2, -0.15) is 4.99 Å². The molecule has 7 heteroatoms. The van der Waals surface area contributed by atoms with Gasteiger partial charge in [0.25, 0.3) is 5.91 Å². The number of hydrogen-bond acceptors (Lipinski definition) is 4. The highest BCUT2D eigenvalue weighted by molar-refractivity contribution is 8.16. The zero-order valence-corrected chi connectivity index (χ0v) is 15.6. The molecule has 2 N–H and O–H groups in total. The fourth-order valence-corrected chi connectivity index (χ4v) is 6.36. The second kappa shape index (κ2) is 6.49. The number of nitrogens with one attached hydrogen (secondary N) is 1. The summed E-state index contributed by atoms with van der Waals surface area (Å²) in [5, 5.41) is 13.4. The lowest BCUT2D eigenvalue weighted by molar-refractivity contribution is -0.119. The van der Waals surface area contributed by atoms with Crippen molar-refractivity contribution < 1.29 is 14.7 Å². The largest absolute Gasteiger partial charge is 0.465 e. The Morgan fingerprint density at radius 3 is 2.68 bits per heavy atom. The van der Waals surface area contributed by atoms with Crippen molar-refractivity contribution >= 4 is 28.9 Å². The van der Waals surface area contributed by atoms with Crippen LogP contribution in [0.25, 0.3) is 0 Å². The second-order valence-electron chi connectivity index (χ2n) is 8.40. The maximum atomic E-state index is 12.5. The van der Waals surface area contributed by atoms with Crippen LogP contribution in [0.4, 0.5) is 4.79 Å². The van der Waals surface area contributed by atoms with Gasteiger partial charge >= 0.3 is 6.09 Å². The summed E-state index contributed by atoms with van der Waals surface area (Å²) < 4.78 is -0.490. The zero-order valence-electron chi connectivity index (χ0n) is 14.7. The molecule has 3 unspecified atom stereocenters. The maximum Gasteiger partial charge on any atom is 0.407 e.